The molecule has 28 heavy (non-hydrogen) atoms. The van der Waals surface area contributed by atoms with Crippen molar-refractivity contribution in [1.82, 2.24) is 9.55 Å². The minimum atomic E-state index is -0.445. The largest absolute Gasteiger partial charge is 0.493 e. The quantitative estimate of drug-likeness (QED) is 0.447. The Bertz CT molecular complexity index is 1070. The highest BCUT2D eigenvalue weighted by atomic mass is 32.2. The van der Waals surface area contributed by atoms with Gasteiger partial charge in [0.25, 0.3) is 5.56 Å². The number of rotatable bonds is 7. The van der Waals surface area contributed by atoms with E-state index >= 15 is 0 Å². The molecule has 0 aliphatic carbocycles. The van der Waals surface area contributed by atoms with Crippen molar-refractivity contribution in [1.29, 1.82) is 0 Å². The minimum absolute atomic E-state index is 0.0187. The van der Waals surface area contributed by atoms with Crippen molar-refractivity contribution in [2.45, 2.75) is 5.03 Å². The number of aromatic nitrogens is 2. The maximum atomic E-state index is 13.4. The fraction of sp³-hybridized carbons (Fsp3) is 0.150. The molecule has 2 aromatic carbocycles. The first-order chi connectivity index (χ1) is 13.5. The number of benzene rings is 2. The summed E-state index contributed by atoms with van der Waals surface area (Å²) in [7, 11) is 3.00. The van der Waals surface area contributed by atoms with Gasteiger partial charge in [-0.3, -0.25) is 14.2 Å². The first-order valence-electron chi connectivity index (χ1n) is 8.25. The maximum absolute atomic E-state index is 13.4. The molecule has 0 amide bonds. The summed E-state index contributed by atoms with van der Waals surface area (Å²) in [6.45, 7) is 0. The molecule has 1 heterocycles. The average molecular weight is 400 g/mol. The third-order valence-electron chi connectivity index (χ3n) is 3.94. The number of hydrogen-bond donors (Lipinski definition) is 0. The Morgan fingerprint density at radius 3 is 2.64 bits per heavy atom. The van der Waals surface area contributed by atoms with E-state index in [0.29, 0.717) is 22.7 Å². The van der Waals surface area contributed by atoms with Crippen LogP contribution in [0.2, 0.25) is 0 Å². The Morgan fingerprint density at radius 1 is 1.14 bits per heavy atom. The Morgan fingerprint density at radius 2 is 1.93 bits per heavy atom. The lowest BCUT2D eigenvalue weighted by Crippen LogP contribution is -2.21. The van der Waals surface area contributed by atoms with Gasteiger partial charge >= 0.3 is 0 Å². The monoisotopic (exact) mass is 400 g/mol. The number of ketones is 1. The van der Waals surface area contributed by atoms with Crippen LogP contribution in [0.3, 0.4) is 0 Å². The van der Waals surface area contributed by atoms with Crippen LogP contribution in [0.25, 0.3) is 5.69 Å². The van der Waals surface area contributed by atoms with Crippen LogP contribution in [0.15, 0.2) is 64.7 Å². The highest BCUT2D eigenvalue weighted by Gasteiger charge is 2.14. The van der Waals surface area contributed by atoms with Crippen molar-refractivity contribution in [3.05, 3.63) is 76.6 Å². The molecule has 8 heteroatoms. The molecular formula is C20H17FN2O4S. The number of methoxy groups -OCH3 is 2. The van der Waals surface area contributed by atoms with E-state index in [2.05, 4.69) is 4.98 Å². The molecule has 3 aromatic rings. The fourth-order valence-corrected chi connectivity index (χ4v) is 3.34. The van der Waals surface area contributed by atoms with E-state index in [1.54, 1.807) is 24.3 Å². The molecule has 0 fully saturated rings. The van der Waals surface area contributed by atoms with Crippen LogP contribution in [-0.2, 0) is 0 Å². The van der Waals surface area contributed by atoms with Crippen molar-refractivity contribution in [2.75, 3.05) is 20.0 Å². The molecule has 0 radical (unpaired) electrons. The first-order valence-corrected chi connectivity index (χ1v) is 9.23. The molecule has 0 bridgehead atoms. The van der Waals surface area contributed by atoms with Crippen molar-refractivity contribution in [2.24, 2.45) is 0 Å². The van der Waals surface area contributed by atoms with Crippen LogP contribution in [0.5, 0.6) is 11.5 Å². The lowest BCUT2D eigenvalue weighted by Gasteiger charge is -2.09. The van der Waals surface area contributed by atoms with Crippen molar-refractivity contribution < 1.29 is 18.7 Å². The molecule has 1 aromatic heterocycles. The van der Waals surface area contributed by atoms with Gasteiger partial charge in [-0.25, -0.2) is 9.37 Å². The number of hydrogen-bond acceptors (Lipinski definition) is 6. The van der Waals surface area contributed by atoms with Gasteiger partial charge in [0.15, 0.2) is 22.3 Å². The molecule has 0 unspecified atom stereocenters. The van der Waals surface area contributed by atoms with E-state index in [1.165, 1.54) is 49.4 Å². The molecule has 144 valence electrons. The van der Waals surface area contributed by atoms with E-state index in [1.807, 2.05) is 0 Å². The number of Topliss-reactive ketones (excluding diaryl/α,β-unsaturated/α-hetero) is 1. The molecule has 0 aliphatic rings. The summed E-state index contributed by atoms with van der Waals surface area (Å²) in [5, 5.41) is 0.153. The molecule has 0 saturated heterocycles. The number of halogens is 1. The smallest absolute Gasteiger partial charge is 0.287 e. The summed E-state index contributed by atoms with van der Waals surface area (Å²) in [4.78, 5) is 29.2. The topological polar surface area (TPSA) is 70.4 Å². The second-order valence-electron chi connectivity index (χ2n) is 5.67. The van der Waals surface area contributed by atoms with Crippen LogP contribution in [0.4, 0.5) is 4.39 Å². The maximum Gasteiger partial charge on any atom is 0.287 e. The molecule has 0 saturated carbocycles. The van der Waals surface area contributed by atoms with Gasteiger partial charge in [0.1, 0.15) is 5.82 Å². The van der Waals surface area contributed by atoms with Crippen LogP contribution in [0.1, 0.15) is 10.4 Å². The lowest BCUT2D eigenvalue weighted by molar-refractivity contribution is 0.102. The summed E-state index contributed by atoms with van der Waals surface area (Å²) in [6, 6.07) is 10.6. The van der Waals surface area contributed by atoms with E-state index < -0.39 is 11.4 Å². The van der Waals surface area contributed by atoms with Crippen LogP contribution in [-0.4, -0.2) is 35.3 Å². The number of ether oxygens (including phenoxy) is 2. The molecule has 6 nitrogen and oxygen atoms in total. The number of nitrogens with zero attached hydrogens (tertiary/aromatic N) is 2. The molecule has 0 aliphatic heterocycles. The van der Waals surface area contributed by atoms with Gasteiger partial charge in [-0.1, -0.05) is 17.8 Å². The van der Waals surface area contributed by atoms with Gasteiger partial charge in [0, 0.05) is 18.0 Å². The summed E-state index contributed by atoms with van der Waals surface area (Å²) >= 11 is 1.03. The summed E-state index contributed by atoms with van der Waals surface area (Å²) < 4.78 is 25.1. The van der Waals surface area contributed by atoms with Gasteiger partial charge in [-0.05, 0) is 36.4 Å². The third-order valence-corrected chi connectivity index (χ3v) is 4.90. The number of carbonyl (C=O) groups excluding carboxylic acids is 1. The van der Waals surface area contributed by atoms with Crippen LogP contribution in [0, 0.1) is 5.82 Å². The second kappa shape index (κ2) is 8.71. The number of carbonyl (C=O) groups is 1. The zero-order chi connectivity index (χ0) is 20.1. The highest BCUT2D eigenvalue weighted by Crippen LogP contribution is 2.28. The molecular weight excluding hydrogens is 383 g/mol. The Labute approximate surface area is 164 Å². The van der Waals surface area contributed by atoms with Gasteiger partial charge in [0.2, 0.25) is 0 Å². The first kappa shape index (κ1) is 19.6. The molecule has 0 N–H and O–H groups in total. The van der Waals surface area contributed by atoms with Crippen LogP contribution >= 0.6 is 11.8 Å². The molecule has 3 rings (SSSR count). The normalized spacial score (nSPS) is 10.5. The molecule has 0 spiro atoms. The fourth-order valence-electron chi connectivity index (χ4n) is 2.55. The van der Waals surface area contributed by atoms with E-state index in [4.69, 9.17) is 9.47 Å². The predicted octanol–water partition coefficient (Wildman–Crippen LogP) is 3.36. The summed E-state index contributed by atoms with van der Waals surface area (Å²) in [6.07, 6.45) is 2.90. The van der Waals surface area contributed by atoms with Gasteiger partial charge in [-0.2, -0.15) is 0 Å². The Balaban J connectivity index is 1.79. The number of thioether (sulfide) groups is 1. The lowest BCUT2D eigenvalue weighted by atomic mass is 10.1. The van der Waals surface area contributed by atoms with Crippen molar-refractivity contribution in [3.8, 4) is 17.2 Å². The van der Waals surface area contributed by atoms with Gasteiger partial charge in [0.05, 0.1) is 25.7 Å². The third kappa shape index (κ3) is 4.23. The Hall–Kier alpha value is -3.13. The van der Waals surface area contributed by atoms with Gasteiger partial charge in [-0.15, -0.1) is 0 Å². The summed E-state index contributed by atoms with van der Waals surface area (Å²) in [5.74, 6) is 0.358. The molecule has 0 atom stereocenters. The minimum Gasteiger partial charge on any atom is -0.493 e. The highest BCUT2D eigenvalue weighted by molar-refractivity contribution is 7.99. The second-order valence-corrected chi connectivity index (χ2v) is 6.63. The zero-order valence-electron chi connectivity index (χ0n) is 15.2. The van der Waals surface area contributed by atoms with Crippen LogP contribution < -0.4 is 15.0 Å². The van der Waals surface area contributed by atoms with Crippen molar-refractivity contribution >= 4 is 17.5 Å². The zero-order valence-corrected chi connectivity index (χ0v) is 16.0. The predicted molar refractivity (Wildman–Crippen MR) is 104 cm³/mol. The van der Waals surface area contributed by atoms with E-state index in [9.17, 15) is 14.0 Å². The SMILES string of the molecule is COc1ccc(C(=O)CSc2nccn(-c3cccc(F)c3)c2=O)cc1OC. The summed E-state index contributed by atoms with van der Waals surface area (Å²) in [5.41, 5.74) is 0.408. The standard InChI is InChI=1S/C20H17FN2O4S/c1-26-17-7-6-13(10-18(17)27-2)16(24)12-28-19-20(25)23(9-8-22-19)15-5-3-4-14(21)11-15/h3-11H,12H2,1-2H3. The van der Waals surface area contributed by atoms with Crippen molar-refractivity contribution in [3.63, 3.8) is 0 Å². The van der Waals surface area contributed by atoms with Gasteiger partial charge < -0.3 is 9.47 Å². The van der Waals surface area contributed by atoms with E-state index in [-0.39, 0.29) is 16.6 Å². The van der Waals surface area contributed by atoms with E-state index in [0.717, 1.165) is 11.8 Å². The Kier molecular flexibility index (Phi) is 6.10. The average Bonchev–Trinajstić information content (AvgIpc) is 2.72.